The quantitative estimate of drug-likeness (QED) is 0.832. The summed E-state index contributed by atoms with van der Waals surface area (Å²) in [7, 11) is -3.16. The van der Waals surface area contributed by atoms with E-state index < -0.39 is 9.84 Å². The highest BCUT2D eigenvalue weighted by atomic mass is 32.2. The molecule has 0 N–H and O–H groups in total. The van der Waals surface area contributed by atoms with Crippen molar-refractivity contribution in [3.05, 3.63) is 41.7 Å². The number of hydrogen-bond acceptors (Lipinski definition) is 4. The van der Waals surface area contributed by atoms with Crippen molar-refractivity contribution in [1.82, 2.24) is 9.97 Å². The molecule has 2 aromatic rings. The topological polar surface area (TPSA) is 59.9 Å². The van der Waals surface area contributed by atoms with Crippen LogP contribution >= 0.6 is 0 Å². The molecule has 94 valence electrons. The third kappa shape index (κ3) is 2.73. The Morgan fingerprint density at radius 1 is 0.944 bits per heavy atom. The number of rotatable bonds is 2. The van der Waals surface area contributed by atoms with Gasteiger partial charge >= 0.3 is 0 Å². The highest BCUT2D eigenvalue weighted by Crippen LogP contribution is 2.18. The molecule has 2 rings (SSSR count). The van der Waals surface area contributed by atoms with Crippen molar-refractivity contribution in [3.8, 4) is 11.4 Å². The average molecular weight is 262 g/mol. The van der Waals surface area contributed by atoms with Crippen LogP contribution in [0.2, 0.25) is 0 Å². The molecule has 0 fully saturated rings. The van der Waals surface area contributed by atoms with Gasteiger partial charge in [-0.05, 0) is 44.2 Å². The number of sulfone groups is 1. The number of nitrogens with zero attached hydrogens (tertiary/aromatic N) is 2. The lowest BCUT2D eigenvalue weighted by Crippen LogP contribution is -1.98. The average Bonchev–Trinajstić information content (AvgIpc) is 2.27. The molecule has 0 aliphatic carbocycles. The molecule has 0 spiro atoms. The lowest BCUT2D eigenvalue weighted by molar-refractivity contribution is 0.602. The van der Waals surface area contributed by atoms with Crippen molar-refractivity contribution in [3.63, 3.8) is 0 Å². The number of aryl methyl sites for hydroxylation is 2. The molecule has 0 bridgehead atoms. The minimum atomic E-state index is -3.16. The Balaban J connectivity index is 2.46. The maximum Gasteiger partial charge on any atom is 0.175 e. The maximum atomic E-state index is 11.4. The van der Waals surface area contributed by atoms with Gasteiger partial charge in [0.05, 0.1) is 4.90 Å². The second kappa shape index (κ2) is 4.49. The third-order valence-corrected chi connectivity index (χ3v) is 3.65. The van der Waals surface area contributed by atoms with Gasteiger partial charge in [-0.1, -0.05) is 0 Å². The molecule has 1 heterocycles. The first-order valence-electron chi connectivity index (χ1n) is 5.49. The van der Waals surface area contributed by atoms with E-state index in [2.05, 4.69) is 9.97 Å². The van der Waals surface area contributed by atoms with E-state index in [9.17, 15) is 8.42 Å². The van der Waals surface area contributed by atoms with Crippen LogP contribution in [-0.2, 0) is 9.84 Å². The Morgan fingerprint density at radius 2 is 1.44 bits per heavy atom. The minimum absolute atomic E-state index is 0.302. The maximum absolute atomic E-state index is 11.4. The second-order valence-corrected chi connectivity index (χ2v) is 6.29. The molecule has 0 aliphatic heterocycles. The fraction of sp³-hybridized carbons (Fsp3) is 0.231. The van der Waals surface area contributed by atoms with Gasteiger partial charge < -0.3 is 0 Å². The molecule has 0 radical (unpaired) electrons. The zero-order chi connectivity index (χ0) is 13.3. The first-order valence-corrected chi connectivity index (χ1v) is 7.38. The Hall–Kier alpha value is -1.75. The van der Waals surface area contributed by atoms with Gasteiger partial charge in [0.15, 0.2) is 15.7 Å². The Morgan fingerprint density at radius 3 is 1.89 bits per heavy atom. The highest BCUT2D eigenvalue weighted by molar-refractivity contribution is 7.90. The summed E-state index contributed by atoms with van der Waals surface area (Å²) < 4.78 is 22.7. The van der Waals surface area contributed by atoms with Crippen LogP contribution in [-0.4, -0.2) is 24.6 Å². The fourth-order valence-corrected chi connectivity index (χ4v) is 2.34. The highest BCUT2D eigenvalue weighted by Gasteiger charge is 2.08. The minimum Gasteiger partial charge on any atom is -0.233 e. The van der Waals surface area contributed by atoms with E-state index >= 15 is 0 Å². The summed E-state index contributed by atoms with van der Waals surface area (Å²) in [5.74, 6) is 0.618. The van der Waals surface area contributed by atoms with E-state index in [0.717, 1.165) is 17.0 Å². The molecule has 0 amide bonds. The van der Waals surface area contributed by atoms with Gasteiger partial charge in [-0.2, -0.15) is 0 Å². The summed E-state index contributed by atoms with van der Waals surface area (Å²) in [6, 6.07) is 8.50. The molecule has 0 saturated carbocycles. The van der Waals surface area contributed by atoms with Gasteiger partial charge in [-0.15, -0.1) is 0 Å². The van der Waals surface area contributed by atoms with Crippen molar-refractivity contribution in [2.75, 3.05) is 6.26 Å². The van der Waals surface area contributed by atoms with Gasteiger partial charge in [-0.25, -0.2) is 18.4 Å². The molecule has 1 aromatic heterocycles. The van der Waals surface area contributed by atoms with Crippen molar-refractivity contribution in [2.45, 2.75) is 18.7 Å². The molecule has 18 heavy (non-hydrogen) atoms. The Kier molecular flexibility index (Phi) is 3.17. The molecule has 0 aliphatic rings. The van der Waals surface area contributed by atoms with Crippen molar-refractivity contribution >= 4 is 9.84 Å². The van der Waals surface area contributed by atoms with Crippen molar-refractivity contribution < 1.29 is 8.42 Å². The van der Waals surface area contributed by atoms with Crippen molar-refractivity contribution in [1.29, 1.82) is 0 Å². The first-order chi connectivity index (χ1) is 8.36. The van der Waals surface area contributed by atoms with E-state index in [4.69, 9.17) is 0 Å². The van der Waals surface area contributed by atoms with Gasteiger partial charge in [0.25, 0.3) is 0 Å². The van der Waals surface area contributed by atoms with Gasteiger partial charge in [0.2, 0.25) is 0 Å². The SMILES string of the molecule is Cc1cc(C)nc(-c2ccc(S(C)(=O)=O)cc2)n1. The van der Waals surface area contributed by atoms with Crippen molar-refractivity contribution in [2.24, 2.45) is 0 Å². The van der Waals surface area contributed by atoms with Crippen LogP contribution in [0.15, 0.2) is 35.2 Å². The summed E-state index contributed by atoms with van der Waals surface area (Å²) >= 11 is 0. The summed E-state index contributed by atoms with van der Waals surface area (Å²) in [5, 5.41) is 0. The smallest absolute Gasteiger partial charge is 0.175 e. The number of aromatic nitrogens is 2. The van der Waals surface area contributed by atoms with Gasteiger partial charge in [0, 0.05) is 23.2 Å². The molecular formula is C13H14N2O2S. The fourth-order valence-electron chi connectivity index (χ4n) is 1.71. The second-order valence-electron chi connectivity index (χ2n) is 4.27. The van der Waals surface area contributed by atoms with E-state index in [1.807, 2.05) is 19.9 Å². The molecule has 0 unspecified atom stereocenters. The molecular weight excluding hydrogens is 248 g/mol. The van der Waals surface area contributed by atoms with Crippen LogP contribution < -0.4 is 0 Å². The van der Waals surface area contributed by atoms with Crippen LogP contribution in [0.5, 0.6) is 0 Å². The van der Waals surface area contributed by atoms with E-state index in [1.54, 1.807) is 24.3 Å². The van der Waals surface area contributed by atoms with Crippen LogP contribution in [0, 0.1) is 13.8 Å². The summed E-state index contributed by atoms with van der Waals surface area (Å²) in [4.78, 5) is 8.97. The van der Waals surface area contributed by atoms with Crippen LogP contribution in [0.3, 0.4) is 0 Å². The Bertz CT molecular complexity index is 656. The van der Waals surface area contributed by atoms with Gasteiger partial charge in [-0.3, -0.25) is 0 Å². The molecule has 5 heteroatoms. The van der Waals surface area contributed by atoms with Crippen LogP contribution in [0.1, 0.15) is 11.4 Å². The van der Waals surface area contributed by atoms with Crippen LogP contribution in [0.4, 0.5) is 0 Å². The Labute approximate surface area is 107 Å². The lowest BCUT2D eigenvalue weighted by Gasteiger charge is -2.04. The number of hydrogen-bond donors (Lipinski definition) is 0. The largest absolute Gasteiger partial charge is 0.233 e. The van der Waals surface area contributed by atoms with E-state index in [-0.39, 0.29) is 0 Å². The predicted molar refractivity (Wildman–Crippen MR) is 70.1 cm³/mol. The monoisotopic (exact) mass is 262 g/mol. The zero-order valence-corrected chi connectivity index (χ0v) is 11.3. The predicted octanol–water partition coefficient (Wildman–Crippen LogP) is 2.16. The summed E-state index contributed by atoms with van der Waals surface area (Å²) in [5.41, 5.74) is 2.60. The summed E-state index contributed by atoms with van der Waals surface area (Å²) in [6.45, 7) is 3.81. The molecule has 1 aromatic carbocycles. The van der Waals surface area contributed by atoms with E-state index in [1.165, 1.54) is 6.26 Å². The molecule has 0 saturated heterocycles. The van der Waals surface area contributed by atoms with E-state index in [0.29, 0.717) is 10.7 Å². The molecule has 4 nitrogen and oxygen atoms in total. The third-order valence-electron chi connectivity index (χ3n) is 2.52. The normalized spacial score (nSPS) is 11.5. The lowest BCUT2D eigenvalue weighted by atomic mass is 10.2. The zero-order valence-electron chi connectivity index (χ0n) is 10.5. The van der Waals surface area contributed by atoms with Gasteiger partial charge in [0.1, 0.15) is 0 Å². The molecule has 0 atom stereocenters. The standard InChI is InChI=1S/C13H14N2O2S/c1-9-8-10(2)15-13(14-9)11-4-6-12(7-5-11)18(3,16)17/h4-8H,1-3H3. The summed E-state index contributed by atoms with van der Waals surface area (Å²) in [6.07, 6.45) is 1.19. The number of benzene rings is 1. The van der Waals surface area contributed by atoms with Crippen LogP contribution in [0.25, 0.3) is 11.4 Å². The first kappa shape index (κ1) is 12.7.